The van der Waals surface area contributed by atoms with E-state index < -0.39 is 6.03 Å². The Balaban J connectivity index is 0.00000256. The van der Waals surface area contributed by atoms with E-state index in [4.69, 9.17) is 0 Å². The van der Waals surface area contributed by atoms with Gasteiger partial charge in [-0.3, -0.25) is 14.5 Å². The molecule has 7 nitrogen and oxygen atoms in total. The quantitative estimate of drug-likeness (QED) is 0.725. The van der Waals surface area contributed by atoms with Gasteiger partial charge in [0.05, 0.1) is 19.1 Å². The van der Waals surface area contributed by atoms with Gasteiger partial charge in [-0.25, -0.2) is 9.18 Å². The van der Waals surface area contributed by atoms with E-state index in [0.29, 0.717) is 25.2 Å². The SMILES string of the molecule is Cl.O=C1CNC(=O)N1Cc1ccc(C(=O)N2CCNCC2c2cccc(F)c2)cc1. The summed E-state index contributed by atoms with van der Waals surface area (Å²) in [5.41, 5.74) is 2.02. The molecule has 1 unspecified atom stereocenters. The lowest BCUT2D eigenvalue weighted by Crippen LogP contribution is -2.48. The third kappa shape index (κ3) is 4.44. The zero-order chi connectivity index (χ0) is 20.4. The number of hydrogen-bond acceptors (Lipinski definition) is 4. The molecule has 0 spiro atoms. The molecule has 2 heterocycles. The van der Waals surface area contributed by atoms with Crippen molar-refractivity contribution >= 4 is 30.3 Å². The maximum Gasteiger partial charge on any atom is 0.324 e. The average Bonchev–Trinajstić information content (AvgIpc) is 3.06. The minimum absolute atomic E-state index is 0. The second-order valence-electron chi connectivity index (χ2n) is 7.11. The summed E-state index contributed by atoms with van der Waals surface area (Å²) in [4.78, 5) is 39.4. The van der Waals surface area contributed by atoms with Crippen LogP contribution in [0.1, 0.15) is 27.5 Å². The molecule has 0 radical (unpaired) electrons. The molecule has 4 amide bonds. The summed E-state index contributed by atoms with van der Waals surface area (Å²) >= 11 is 0. The molecule has 9 heteroatoms. The third-order valence-corrected chi connectivity index (χ3v) is 5.22. The molecule has 2 aromatic rings. The van der Waals surface area contributed by atoms with Gasteiger partial charge in [0, 0.05) is 25.2 Å². The van der Waals surface area contributed by atoms with Gasteiger partial charge in [-0.2, -0.15) is 0 Å². The van der Waals surface area contributed by atoms with Gasteiger partial charge in [0.2, 0.25) is 5.91 Å². The fraction of sp³-hybridized carbons (Fsp3) is 0.286. The van der Waals surface area contributed by atoms with Crippen LogP contribution in [0.15, 0.2) is 48.5 Å². The lowest BCUT2D eigenvalue weighted by atomic mass is 10.0. The predicted octanol–water partition coefficient (Wildman–Crippen LogP) is 2.09. The monoisotopic (exact) mass is 432 g/mol. The molecule has 4 rings (SSSR count). The van der Waals surface area contributed by atoms with Gasteiger partial charge in [0.1, 0.15) is 5.82 Å². The van der Waals surface area contributed by atoms with Crippen LogP contribution in [0, 0.1) is 5.82 Å². The molecule has 0 bridgehead atoms. The minimum atomic E-state index is -0.408. The summed E-state index contributed by atoms with van der Waals surface area (Å²) < 4.78 is 13.7. The van der Waals surface area contributed by atoms with Crippen LogP contribution in [0.4, 0.5) is 9.18 Å². The van der Waals surface area contributed by atoms with Gasteiger partial charge >= 0.3 is 6.03 Å². The van der Waals surface area contributed by atoms with E-state index >= 15 is 0 Å². The number of piperazine rings is 1. The fourth-order valence-electron chi connectivity index (χ4n) is 3.68. The van der Waals surface area contributed by atoms with Crippen molar-refractivity contribution in [3.05, 3.63) is 71.0 Å². The molecular weight excluding hydrogens is 411 g/mol. The number of rotatable bonds is 4. The Morgan fingerprint density at radius 1 is 1.13 bits per heavy atom. The van der Waals surface area contributed by atoms with Gasteiger partial charge < -0.3 is 15.5 Å². The van der Waals surface area contributed by atoms with Gasteiger partial charge in [0.15, 0.2) is 0 Å². The van der Waals surface area contributed by atoms with Crippen molar-refractivity contribution in [3.63, 3.8) is 0 Å². The third-order valence-electron chi connectivity index (χ3n) is 5.22. The van der Waals surface area contributed by atoms with Crippen molar-refractivity contribution in [1.82, 2.24) is 20.4 Å². The summed E-state index contributed by atoms with van der Waals surface area (Å²) in [6.07, 6.45) is 0. The number of urea groups is 1. The number of amides is 4. The first kappa shape index (κ1) is 21.7. The maximum atomic E-state index is 13.7. The molecule has 0 saturated carbocycles. The lowest BCUT2D eigenvalue weighted by Gasteiger charge is -2.36. The molecule has 0 aromatic heterocycles. The number of imide groups is 1. The Kier molecular flexibility index (Phi) is 6.69. The minimum Gasteiger partial charge on any atom is -0.329 e. The van der Waals surface area contributed by atoms with Crippen LogP contribution in [0.2, 0.25) is 0 Å². The molecule has 158 valence electrons. The Morgan fingerprint density at radius 2 is 1.90 bits per heavy atom. The van der Waals surface area contributed by atoms with Crippen molar-refractivity contribution in [2.24, 2.45) is 0 Å². The molecule has 30 heavy (non-hydrogen) atoms. The van der Waals surface area contributed by atoms with Crippen LogP contribution < -0.4 is 10.6 Å². The largest absolute Gasteiger partial charge is 0.329 e. The van der Waals surface area contributed by atoms with Crippen molar-refractivity contribution in [1.29, 1.82) is 0 Å². The van der Waals surface area contributed by atoms with Crippen molar-refractivity contribution < 1.29 is 18.8 Å². The standard InChI is InChI=1S/C21H21FN4O3.ClH/c22-17-3-1-2-16(10-17)18-11-23-8-9-25(18)20(28)15-6-4-14(5-7-15)13-26-19(27)12-24-21(26)29;/h1-7,10,18,23H,8-9,11-13H2,(H,24,29);1H. The van der Waals surface area contributed by atoms with Gasteiger partial charge in [-0.05, 0) is 35.4 Å². The van der Waals surface area contributed by atoms with Gasteiger partial charge in [-0.1, -0.05) is 24.3 Å². The predicted molar refractivity (Wildman–Crippen MR) is 111 cm³/mol. The van der Waals surface area contributed by atoms with E-state index in [-0.39, 0.29) is 49.2 Å². The highest BCUT2D eigenvalue weighted by Crippen LogP contribution is 2.25. The summed E-state index contributed by atoms with van der Waals surface area (Å²) in [5.74, 6) is -0.735. The highest BCUT2D eigenvalue weighted by Gasteiger charge is 2.30. The molecule has 2 N–H and O–H groups in total. The Labute approximate surface area is 179 Å². The average molecular weight is 433 g/mol. The van der Waals surface area contributed by atoms with Crippen molar-refractivity contribution in [2.75, 3.05) is 26.2 Å². The Morgan fingerprint density at radius 3 is 2.57 bits per heavy atom. The van der Waals surface area contributed by atoms with Crippen molar-refractivity contribution in [2.45, 2.75) is 12.6 Å². The second kappa shape index (κ2) is 9.23. The summed E-state index contributed by atoms with van der Waals surface area (Å²) in [6.45, 7) is 1.92. The summed E-state index contributed by atoms with van der Waals surface area (Å²) in [7, 11) is 0. The van der Waals surface area contributed by atoms with E-state index in [1.807, 2.05) is 6.07 Å². The normalized spacial score (nSPS) is 18.8. The van der Waals surface area contributed by atoms with Gasteiger partial charge in [0.25, 0.3) is 5.91 Å². The molecule has 0 aliphatic carbocycles. The van der Waals surface area contributed by atoms with Crippen LogP contribution in [0.25, 0.3) is 0 Å². The number of carbonyl (C=O) groups excluding carboxylic acids is 3. The smallest absolute Gasteiger partial charge is 0.324 e. The molecule has 2 fully saturated rings. The van der Waals surface area contributed by atoms with E-state index in [2.05, 4.69) is 10.6 Å². The fourth-order valence-corrected chi connectivity index (χ4v) is 3.68. The first-order valence-electron chi connectivity index (χ1n) is 9.47. The van der Waals surface area contributed by atoms with Crippen LogP contribution >= 0.6 is 12.4 Å². The van der Waals surface area contributed by atoms with E-state index in [9.17, 15) is 18.8 Å². The highest BCUT2D eigenvalue weighted by molar-refractivity contribution is 6.01. The topological polar surface area (TPSA) is 81.8 Å². The van der Waals surface area contributed by atoms with Crippen LogP contribution in [-0.2, 0) is 11.3 Å². The second-order valence-corrected chi connectivity index (χ2v) is 7.11. The lowest BCUT2D eigenvalue weighted by molar-refractivity contribution is -0.125. The first-order chi connectivity index (χ1) is 14.0. The molecular formula is C21H22ClFN4O3. The van der Waals surface area contributed by atoms with Crippen LogP contribution in [0.3, 0.4) is 0 Å². The molecule has 2 aromatic carbocycles. The number of carbonyl (C=O) groups is 3. The Bertz CT molecular complexity index is 938. The number of nitrogens with zero attached hydrogens (tertiary/aromatic N) is 2. The van der Waals surface area contributed by atoms with Crippen LogP contribution in [-0.4, -0.2) is 53.8 Å². The first-order valence-corrected chi connectivity index (χ1v) is 9.47. The van der Waals surface area contributed by atoms with Gasteiger partial charge in [-0.15, -0.1) is 12.4 Å². The summed E-state index contributed by atoms with van der Waals surface area (Å²) in [6, 6.07) is 12.5. The van der Waals surface area contributed by atoms with E-state index in [1.165, 1.54) is 12.1 Å². The maximum absolute atomic E-state index is 13.7. The summed E-state index contributed by atoms with van der Waals surface area (Å²) in [5, 5.41) is 5.74. The molecule has 1 atom stereocenters. The number of halogens is 2. The number of nitrogens with one attached hydrogen (secondary N) is 2. The number of hydrogen-bond donors (Lipinski definition) is 2. The van der Waals surface area contributed by atoms with Crippen molar-refractivity contribution in [3.8, 4) is 0 Å². The highest BCUT2D eigenvalue weighted by atomic mass is 35.5. The Hall–Kier alpha value is -2.97. The zero-order valence-electron chi connectivity index (χ0n) is 16.1. The van der Waals surface area contributed by atoms with Crippen LogP contribution in [0.5, 0.6) is 0 Å². The molecule has 2 aliphatic rings. The van der Waals surface area contributed by atoms with E-state index in [0.717, 1.165) is 16.0 Å². The molecule has 2 saturated heterocycles. The van der Waals surface area contributed by atoms with E-state index in [1.54, 1.807) is 35.2 Å². The molecule has 2 aliphatic heterocycles. The number of benzene rings is 2. The zero-order valence-corrected chi connectivity index (χ0v) is 17.0.